The molecule has 0 aliphatic carbocycles. The second kappa shape index (κ2) is 7.63. The Kier molecular flexibility index (Phi) is 5.49. The van der Waals surface area contributed by atoms with Crippen molar-refractivity contribution < 1.29 is 4.74 Å². The molecule has 2 aromatic carbocycles. The molecule has 19 heavy (non-hydrogen) atoms. The van der Waals surface area contributed by atoms with Crippen LogP contribution in [0, 0.1) is 0 Å². The van der Waals surface area contributed by atoms with E-state index in [-0.39, 0.29) is 0 Å². The predicted octanol–water partition coefficient (Wildman–Crippen LogP) is 5.31. The summed E-state index contributed by atoms with van der Waals surface area (Å²) in [5, 5.41) is 0. The van der Waals surface area contributed by atoms with Gasteiger partial charge in [-0.25, -0.2) is 0 Å². The van der Waals surface area contributed by atoms with Crippen molar-refractivity contribution in [3.63, 3.8) is 0 Å². The van der Waals surface area contributed by atoms with Crippen molar-refractivity contribution in [2.24, 2.45) is 0 Å². The largest absolute Gasteiger partial charge is 0.494 e. The van der Waals surface area contributed by atoms with Crippen molar-refractivity contribution >= 4 is 0 Å². The Balaban J connectivity index is 1.92. The molecule has 0 aliphatic rings. The minimum atomic E-state index is 0.818. The van der Waals surface area contributed by atoms with Crippen LogP contribution in [0.3, 0.4) is 0 Å². The third-order valence-electron chi connectivity index (χ3n) is 3.21. The lowest BCUT2D eigenvalue weighted by Gasteiger charge is -2.08. The van der Waals surface area contributed by atoms with Crippen LogP contribution in [0.4, 0.5) is 0 Å². The van der Waals surface area contributed by atoms with Crippen molar-refractivity contribution in [2.45, 2.75) is 32.6 Å². The van der Waals surface area contributed by atoms with Gasteiger partial charge in [0.15, 0.2) is 0 Å². The second-order valence-electron chi connectivity index (χ2n) is 4.80. The third kappa shape index (κ3) is 4.44. The van der Waals surface area contributed by atoms with E-state index in [0.717, 1.165) is 18.8 Å². The molecule has 0 heterocycles. The summed E-state index contributed by atoms with van der Waals surface area (Å²) in [6.07, 6.45) is 4.97. The smallest absolute Gasteiger partial charge is 0.119 e. The lowest BCUT2D eigenvalue weighted by atomic mass is 10.1. The molecule has 0 aliphatic heterocycles. The van der Waals surface area contributed by atoms with Crippen LogP contribution >= 0.6 is 0 Å². The van der Waals surface area contributed by atoms with Crippen LogP contribution in [0.15, 0.2) is 54.6 Å². The zero-order valence-corrected chi connectivity index (χ0v) is 11.6. The van der Waals surface area contributed by atoms with Crippen molar-refractivity contribution in [3.05, 3.63) is 54.6 Å². The van der Waals surface area contributed by atoms with Gasteiger partial charge in [-0.3, -0.25) is 0 Å². The topological polar surface area (TPSA) is 9.23 Å². The standard InChI is InChI=1S/C18H22O/c1-2-3-4-8-14-19-18-13-9-12-17(15-18)16-10-6-5-7-11-16/h5-7,9-13,15H,2-4,8,14H2,1H3. The Morgan fingerprint density at radius 1 is 0.789 bits per heavy atom. The molecule has 100 valence electrons. The fraction of sp³-hybridized carbons (Fsp3) is 0.333. The van der Waals surface area contributed by atoms with E-state index in [0.29, 0.717) is 0 Å². The van der Waals surface area contributed by atoms with E-state index in [4.69, 9.17) is 4.74 Å². The fourth-order valence-electron chi connectivity index (χ4n) is 2.11. The molecule has 0 saturated carbocycles. The Hall–Kier alpha value is -1.76. The summed E-state index contributed by atoms with van der Waals surface area (Å²) >= 11 is 0. The maximum absolute atomic E-state index is 5.81. The molecule has 2 aromatic rings. The summed E-state index contributed by atoms with van der Waals surface area (Å²) in [5.74, 6) is 0.970. The summed E-state index contributed by atoms with van der Waals surface area (Å²) in [5.41, 5.74) is 2.45. The molecular weight excluding hydrogens is 232 g/mol. The molecule has 0 N–H and O–H groups in total. The Labute approximate surface area is 116 Å². The van der Waals surface area contributed by atoms with Crippen LogP contribution in [0.5, 0.6) is 5.75 Å². The van der Waals surface area contributed by atoms with Crippen LogP contribution in [0.1, 0.15) is 32.6 Å². The molecule has 0 spiro atoms. The molecule has 0 aromatic heterocycles. The molecule has 0 bridgehead atoms. The van der Waals surface area contributed by atoms with Crippen LogP contribution in [-0.2, 0) is 0 Å². The molecule has 0 atom stereocenters. The highest BCUT2D eigenvalue weighted by Gasteiger charge is 1.99. The van der Waals surface area contributed by atoms with E-state index in [1.54, 1.807) is 0 Å². The summed E-state index contributed by atoms with van der Waals surface area (Å²) in [6.45, 7) is 3.04. The van der Waals surface area contributed by atoms with Crippen molar-refractivity contribution in [1.29, 1.82) is 0 Å². The molecule has 0 amide bonds. The molecule has 0 fully saturated rings. The lowest BCUT2D eigenvalue weighted by molar-refractivity contribution is 0.305. The molecule has 0 saturated heterocycles. The summed E-state index contributed by atoms with van der Waals surface area (Å²) in [4.78, 5) is 0. The fourth-order valence-corrected chi connectivity index (χ4v) is 2.11. The Morgan fingerprint density at radius 2 is 1.58 bits per heavy atom. The zero-order chi connectivity index (χ0) is 13.3. The van der Waals surface area contributed by atoms with Crippen LogP contribution in [0.2, 0.25) is 0 Å². The lowest BCUT2D eigenvalue weighted by Crippen LogP contribution is -1.97. The molecule has 2 rings (SSSR count). The first kappa shape index (κ1) is 13.7. The van der Waals surface area contributed by atoms with E-state index >= 15 is 0 Å². The number of ether oxygens (including phenoxy) is 1. The SMILES string of the molecule is CCCCCCOc1cccc(-c2ccccc2)c1. The van der Waals surface area contributed by atoms with Crippen molar-refractivity contribution in [1.82, 2.24) is 0 Å². The molecule has 0 unspecified atom stereocenters. The number of hydrogen-bond donors (Lipinski definition) is 0. The average molecular weight is 254 g/mol. The molecular formula is C18H22O. The van der Waals surface area contributed by atoms with E-state index in [1.165, 1.54) is 30.4 Å². The van der Waals surface area contributed by atoms with Gasteiger partial charge in [-0.2, -0.15) is 0 Å². The van der Waals surface area contributed by atoms with Crippen LogP contribution < -0.4 is 4.74 Å². The van der Waals surface area contributed by atoms with E-state index in [9.17, 15) is 0 Å². The van der Waals surface area contributed by atoms with Gasteiger partial charge in [0.05, 0.1) is 6.61 Å². The normalized spacial score (nSPS) is 10.4. The number of hydrogen-bond acceptors (Lipinski definition) is 1. The van der Waals surface area contributed by atoms with Crippen molar-refractivity contribution in [3.8, 4) is 16.9 Å². The number of benzene rings is 2. The second-order valence-corrected chi connectivity index (χ2v) is 4.80. The predicted molar refractivity (Wildman–Crippen MR) is 81.5 cm³/mol. The van der Waals surface area contributed by atoms with Gasteiger partial charge < -0.3 is 4.74 Å². The van der Waals surface area contributed by atoms with E-state index in [1.807, 2.05) is 12.1 Å². The van der Waals surface area contributed by atoms with Gasteiger partial charge in [0, 0.05) is 0 Å². The van der Waals surface area contributed by atoms with Gasteiger partial charge in [-0.15, -0.1) is 0 Å². The Morgan fingerprint density at radius 3 is 2.37 bits per heavy atom. The van der Waals surface area contributed by atoms with Gasteiger partial charge in [0.1, 0.15) is 5.75 Å². The van der Waals surface area contributed by atoms with Crippen LogP contribution in [0.25, 0.3) is 11.1 Å². The summed E-state index contributed by atoms with van der Waals surface area (Å²) < 4.78 is 5.81. The van der Waals surface area contributed by atoms with Crippen LogP contribution in [-0.4, -0.2) is 6.61 Å². The van der Waals surface area contributed by atoms with Gasteiger partial charge in [0.25, 0.3) is 0 Å². The highest BCUT2D eigenvalue weighted by molar-refractivity contribution is 5.64. The minimum Gasteiger partial charge on any atom is -0.494 e. The first-order valence-corrected chi connectivity index (χ1v) is 7.18. The van der Waals surface area contributed by atoms with Crippen molar-refractivity contribution in [2.75, 3.05) is 6.61 Å². The zero-order valence-electron chi connectivity index (χ0n) is 11.6. The highest BCUT2D eigenvalue weighted by Crippen LogP contribution is 2.23. The minimum absolute atomic E-state index is 0.818. The monoisotopic (exact) mass is 254 g/mol. The summed E-state index contributed by atoms with van der Waals surface area (Å²) in [6, 6.07) is 18.8. The number of rotatable bonds is 7. The van der Waals surface area contributed by atoms with Gasteiger partial charge >= 0.3 is 0 Å². The quantitative estimate of drug-likeness (QED) is 0.608. The Bertz CT molecular complexity index is 476. The third-order valence-corrected chi connectivity index (χ3v) is 3.21. The first-order valence-electron chi connectivity index (χ1n) is 7.18. The number of unbranched alkanes of at least 4 members (excludes halogenated alkanes) is 3. The first-order chi connectivity index (χ1) is 9.40. The molecule has 1 nitrogen and oxygen atoms in total. The van der Waals surface area contributed by atoms with Gasteiger partial charge in [-0.1, -0.05) is 68.7 Å². The van der Waals surface area contributed by atoms with E-state index in [2.05, 4.69) is 49.4 Å². The van der Waals surface area contributed by atoms with Gasteiger partial charge in [0.2, 0.25) is 0 Å². The summed E-state index contributed by atoms with van der Waals surface area (Å²) in [7, 11) is 0. The maximum atomic E-state index is 5.81. The van der Waals surface area contributed by atoms with Gasteiger partial charge in [-0.05, 0) is 29.7 Å². The van der Waals surface area contributed by atoms with E-state index < -0.39 is 0 Å². The highest BCUT2D eigenvalue weighted by atomic mass is 16.5. The molecule has 1 heteroatoms. The average Bonchev–Trinajstić information content (AvgIpc) is 2.48. The molecule has 0 radical (unpaired) electrons. The maximum Gasteiger partial charge on any atom is 0.119 e.